The van der Waals surface area contributed by atoms with Gasteiger partial charge in [-0.05, 0) is 18.6 Å². The van der Waals surface area contributed by atoms with Crippen molar-refractivity contribution in [1.29, 1.82) is 0 Å². The Balaban J connectivity index is 2.44. The Morgan fingerprint density at radius 3 is 2.86 bits per heavy atom. The molecule has 0 amide bonds. The fourth-order valence-corrected chi connectivity index (χ4v) is 2.08. The van der Waals surface area contributed by atoms with E-state index in [1.54, 1.807) is 17.5 Å². The number of aryl methyl sites for hydroxylation is 1. The molecule has 0 saturated heterocycles. The highest BCUT2D eigenvalue weighted by molar-refractivity contribution is 7.18. The molecular formula is C10H11N3S. The lowest BCUT2D eigenvalue weighted by Crippen LogP contribution is -1.83. The Kier molecular flexibility index (Phi) is 2.45. The van der Waals surface area contributed by atoms with Crippen molar-refractivity contribution in [1.82, 2.24) is 9.97 Å². The summed E-state index contributed by atoms with van der Waals surface area (Å²) < 4.78 is 0. The summed E-state index contributed by atoms with van der Waals surface area (Å²) in [6.45, 7) is 2.08. The number of hydrogen-bond donors (Lipinski definition) is 1. The highest BCUT2D eigenvalue weighted by atomic mass is 32.1. The van der Waals surface area contributed by atoms with Crippen molar-refractivity contribution in [2.45, 2.75) is 6.92 Å². The summed E-state index contributed by atoms with van der Waals surface area (Å²) in [5, 5.41) is 3.96. The lowest BCUT2D eigenvalue weighted by Gasteiger charge is -1.99. The van der Waals surface area contributed by atoms with Gasteiger partial charge < -0.3 is 5.32 Å². The average molecular weight is 205 g/mol. The van der Waals surface area contributed by atoms with Crippen molar-refractivity contribution in [2.24, 2.45) is 0 Å². The van der Waals surface area contributed by atoms with E-state index in [4.69, 9.17) is 0 Å². The highest BCUT2D eigenvalue weighted by Gasteiger charge is 2.05. The Morgan fingerprint density at radius 1 is 1.36 bits per heavy atom. The minimum Gasteiger partial charge on any atom is -0.365 e. The van der Waals surface area contributed by atoms with Crippen molar-refractivity contribution in [3.8, 4) is 10.4 Å². The summed E-state index contributed by atoms with van der Waals surface area (Å²) in [7, 11) is 1.87. The number of thiazole rings is 1. The van der Waals surface area contributed by atoms with Crippen molar-refractivity contribution >= 4 is 16.5 Å². The maximum absolute atomic E-state index is 4.23. The van der Waals surface area contributed by atoms with Crippen LogP contribution in [0.3, 0.4) is 0 Å². The smallest absolute Gasteiger partial charge is 0.182 e. The molecule has 72 valence electrons. The molecule has 0 aliphatic carbocycles. The zero-order valence-electron chi connectivity index (χ0n) is 8.11. The van der Waals surface area contributed by atoms with Crippen LogP contribution >= 0.6 is 11.3 Å². The quantitative estimate of drug-likeness (QED) is 0.818. The molecule has 0 atom stereocenters. The number of aromatic nitrogens is 2. The molecule has 0 aliphatic heterocycles. The monoisotopic (exact) mass is 205 g/mol. The fraction of sp³-hybridized carbons (Fsp3) is 0.200. The van der Waals surface area contributed by atoms with Gasteiger partial charge in [0, 0.05) is 31.2 Å². The number of pyridine rings is 1. The van der Waals surface area contributed by atoms with E-state index in [9.17, 15) is 0 Å². The van der Waals surface area contributed by atoms with Gasteiger partial charge in [-0.15, -0.1) is 0 Å². The largest absolute Gasteiger partial charge is 0.365 e. The Bertz CT molecular complexity index is 436. The third kappa shape index (κ3) is 1.61. The zero-order chi connectivity index (χ0) is 9.97. The summed E-state index contributed by atoms with van der Waals surface area (Å²) in [5.41, 5.74) is 2.39. The van der Waals surface area contributed by atoms with E-state index in [0.29, 0.717) is 0 Å². The first-order valence-corrected chi connectivity index (χ1v) is 5.17. The van der Waals surface area contributed by atoms with Gasteiger partial charge in [0.2, 0.25) is 0 Å². The molecule has 2 aromatic heterocycles. The van der Waals surface area contributed by atoms with E-state index in [2.05, 4.69) is 22.2 Å². The molecule has 0 aromatic carbocycles. The van der Waals surface area contributed by atoms with Gasteiger partial charge in [0.25, 0.3) is 0 Å². The molecule has 2 heterocycles. The van der Waals surface area contributed by atoms with Gasteiger partial charge in [0.1, 0.15) is 0 Å². The molecule has 4 heteroatoms. The topological polar surface area (TPSA) is 37.8 Å². The van der Waals surface area contributed by atoms with Crippen LogP contribution in [0.1, 0.15) is 5.56 Å². The molecule has 0 spiro atoms. The summed E-state index contributed by atoms with van der Waals surface area (Å²) in [6.07, 6.45) is 5.56. The van der Waals surface area contributed by atoms with Crippen molar-refractivity contribution in [2.75, 3.05) is 12.4 Å². The third-order valence-corrected chi connectivity index (χ3v) is 3.07. The lowest BCUT2D eigenvalue weighted by atomic mass is 10.1. The minimum absolute atomic E-state index is 0.934. The molecule has 2 rings (SSSR count). The summed E-state index contributed by atoms with van der Waals surface area (Å²) in [6, 6.07) is 2.01. The Morgan fingerprint density at radius 2 is 2.21 bits per heavy atom. The van der Waals surface area contributed by atoms with Crippen LogP contribution in [0.15, 0.2) is 24.7 Å². The summed E-state index contributed by atoms with van der Waals surface area (Å²) >= 11 is 1.64. The summed E-state index contributed by atoms with van der Waals surface area (Å²) in [4.78, 5) is 9.50. The molecule has 2 aromatic rings. The summed E-state index contributed by atoms with van der Waals surface area (Å²) in [5.74, 6) is 0. The van der Waals surface area contributed by atoms with Gasteiger partial charge in [-0.25, -0.2) is 4.98 Å². The Labute approximate surface area is 86.8 Å². The first-order chi connectivity index (χ1) is 6.81. The second-order valence-corrected chi connectivity index (χ2v) is 4.00. The predicted octanol–water partition coefficient (Wildman–Crippen LogP) is 2.56. The average Bonchev–Trinajstić information content (AvgIpc) is 2.67. The Hall–Kier alpha value is -1.42. The predicted molar refractivity (Wildman–Crippen MR) is 59.6 cm³/mol. The van der Waals surface area contributed by atoms with Crippen LogP contribution in [0, 0.1) is 6.92 Å². The lowest BCUT2D eigenvalue weighted by molar-refractivity contribution is 1.29. The van der Waals surface area contributed by atoms with Gasteiger partial charge in [0.15, 0.2) is 5.13 Å². The standard InChI is InChI=1S/C10H11N3S/c1-7-3-4-12-5-8(7)9-6-13-10(11-2)14-9/h3-6H,1-2H3,(H,11,13). The van der Waals surface area contributed by atoms with E-state index in [1.807, 2.05) is 25.5 Å². The molecule has 0 saturated carbocycles. The minimum atomic E-state index is 0.934. The molecule has 3 nitrogen and oxygen atoms in total. The van der Waals surface area contributed by atoms with E-state index in [0.717, 1.165) is 15.6 Å². The first-order valence-electron chi connectivity index (χ1n) is 4.36. The van der Waals surface area contributed by atoms with Crippen LogP contribution in [0.5, 0.6) is 0 Å². The van der Waals surface area contributed by atoms with Gasteiger partial charge in [-0.3, -0.25) is 4.98 Å². The molecule has 0 radical (unpaired) electrons. The molecule has 0 bridgehead atoms. The third-order valence-electron chi connectivity index (χ3n) is 2.02. The van der Waals surface area contributed by atoms with Crippen molar-refractivity contribution in [3.05, 3.63) is 30.2 Å². The van der Waals surface area contributed by atoms with Crippen LogP contribution < -0.4 is 5.32 Å². The second-order valence-electron chi connectivity index (χ2n) is 2.97. The SMILES string of the molecule is CNc1ncc(-c2cnccc2C)s1. The molecule has 14 heavy (non-hydrogen) atoms. The zero-order valence-corrected chi connectivity index (χ0v) is 8.93. The fourth-order valence-electron chi connectivity index (χ4n) is 1.24. The second kappa shape index (κ2) is 3.75. The number of hydrogen-bond acceptors (Lipinski definition) is 4. The normalized spacial score (nSPS) is 10.1. The molecule has 0 unspecified atom stereocenters. The molecular weight excluding hydrogens is 194 g/mol. The molecule has 0 aliphatic rings. The van der Waals surface area contributed by atoms with Gasteiger partial charge >= 0.3 is 0 Å². The van der Waals surface area contributed by atoms with Crippen LogP contribution in [0.25, 0.3) is 10.4 Å². The number of rotatable bonds is 2. The van der Waals surface area contributed by atoms with Crippen molar-refractivity contribution < 1.29 is 0 Å². The van der Waals surface area contributed by atoms with E-state index >= 15 is 0 Å². The van der Waals surface area contributed by atoms with Gasteiger partial charge in [-0.2, -0.15) is 0 Å². The van der Waals surface area contributed by atoms with Gasteiger partial charge in [0.05, 0.1) is 4.88 Å². The highest BCUT2D eigenvalue weighted by Crippen LogP contribution is 2.29. The van der Waals surface area contributed by atoms with E-state index in [1.165, 1.54) is 5.56 Å². The molecule has 0 fully saturated rings. The van der Waals surface area contributed by atoms with Crippen LogP contribution in [-0.4, -0.2) is 17.0 Å². The maximum Gasteiger partial charge on any atom is 0.182 e. The van der Waals surface area contributed by atoms with E-state index in [-0.39, 0.29) is 0 Å². The van der Waals surface area contributed by atoms with Gasteiger partial charge in [-0.1, -0.05) is 11.3 Å². The molecule has 1 N–H and O–H groups in total. The van der Waals surface area contributed by atoms with Crippen LogP contribution in [0.2, 0.25) is 0 Å². The van der Waals surface area contributed by atoms with Crippen LogP contribution in [0.4, 0.5) is 5.13 Å². The van der Waals surface area contributed by atoms with E-state index < -0.39 is 0 Å². The number of anilines is 1. The number of nitrogens with one attached hydrogen (secondary N) is 1. The number of nitrogens with zero attached hydrogens (tertiary/aromatic N) is 2. The first kappa shape index (κ1) is 9.15. The van der Waals surface area contributed by atoms with Crippen molar-refractivity contribution in [3.63, 3.8) is 0 Å². The van der Waals surface area contributed by atoms with Crippen LogP contribution in [-0.2, 0) is 0 Å². The maximum atomic E-state index is 4.23.